The maximum absolute atomic E-state index is 12.1. The van der Waals surface area contributed by atoms with Gasteiger partial charge in [-0.1, -0.05) is 25.7 Å². The predicted molar refractivity (Wildman–Crippen MR) is 105 cm³/mol. The minimum atomic E-state index is -0.248. The molecule has 2 fully saturated rings. The average molecular weight is 357 g/mol. The lowest BCUT2D eigenvalue weighted by Gasteiger charge is -2.28. The SMILES string of the molecule is O=C(CC(=O)NC1CCCCCC1)Nc1ccc(N2CCCCC2)cc1. The predicted octanol–water partition coefficient (Wildman–Crippen LogP) is 3.84. The quantitative estimate of drug-likeness (QED) is 0.622. The Labute approximate surface area is 156 Å². The zero-order valence-electron chi connectivity index (χ0n) is 15.6. The van der Waals surface area contributed by atoms with E-state index in [0.29, 0.717) is 0 Å². The highest BCUT2D eigenvalue weighted by Crippen LogP contribution is 2.22. The van der Waals surface area contributed by atoms with E-state index in [1.54, 1.807) is 0 Å². The number of benzene rings is 1. The highest BCUT2D eigenvalue weighted by Gasteiger charge is 2.17. The number of carbonyl (C=O) groups is 2. The third kappa shape index (κ3) is 5.75. The highest BCUT2D eigenvalue weighted by molar-refractivity contribution is 6.03. The van der Waals surface area contributed by atoms with Crippen LogP contribution >= 0.6 is 0 Å². The van der Waals surface area contributed by atoms with Crippen molar-refractivity contribution in [2.45, 2.75) is 70.3 Å². The van der Waals surface area contributed by atoms with Crippen molar-refractivity contribution >= 4 is 23.2 Å². The molecule has 26 heavy (non-hydrogen) atoms. The number of anilines is 2. The molecule has 1 saturated carbocycles. The van der Waals surface area contributed by atoms with Crippen LogP contribution in [0.2, 0.25) is 0 Å². The van der Waals surface area contributed by atoms with Gasteiger partial charge in [-0.15, -0.1) is 0 Å². The number of nitrogens with zero attached hydrogens (tertiary/aromatic N) is 1. The van der Waals surface area contributed by atoms with Crippen LogP contribution in [0.4, 0.5) is 11.4 Å². The molecule has 5 nitrogen and oxygen atoms in total. The second-order valence-corrected chi connectivity index (χ2v) is 7.58. The van der Waals surface area contributed by atoms with Crippen LogP contribution in [0.15, 0.2) is 24.3 Å². The summed E-state index contributed by atoms with van der Waals surface area (Å²) in [5.74, 6) is -0.416. The minimum absolute atomic E-state index is 0.107. The Bertz CT molecular complexity index is 586. The van der Waals surface area contributed by atoms with E-state index in [1.807, 2.05) is 24.3 Å². The van der Waals surface area contributed by atoms with E-state index in [2.05, 4.69) is 15.5 Å². The fourth-order valence-corrected chi connectivity index (χ4v) is 3.96. The van der Waals surface area contributed by atoms with Gasteiger partial charge in [0, 0.05) is 30.5 Å². The van der Waals surface area contributed by atoms with Crippen molar-refractivity contribution in [1.82, 2.24) is 5.32 Å². The lowest BCUT2D eigenvalue weighted by molar-refractivity contribution is -0.127. The number of amides is 2. The molecule has 5 heteroatoms. The number of piperidine rings is 1. The molecular weight excluding hydrogens is 326 g/mol. The Kier molecular flexibility index (Phi) is 6.92. The molecule has 1 aromatic rings. The molecule has 1 saturated heterocycles. The Morgan fingerprint density at radius 1 is 0.846 bits per heavy atom. The Morgan fingerprint density at radius 2 is 1.46 bits per heavy atom. The Morgan fingerprint density at radius 3 is 2.12 bits per heavy atom. The number of hydrogen-bond acceptors (Lipinski definition) is 3. The Hall–Kier alpha value is -2.04. The van der Waals surface area contributed by atoms with Crippen molar-refractivity contribution in [3.05, 3.63) is 24.3 Å². The summed E-state index contributed by atoms with van der Waals surface area (Å²) < 4.78 is 0. The van der Waals surface area contributed by atoms with E-state index in [9.17, 15) is 9.59 Å². The van der Waals surface area contributed by atoms with E-state index in [0.717, 1.165) is 31.6 Å². The van der Waals surface area contributed by atoms with Crippen LogP contribution in [0.1, 0.15) is 64.2 Å². The lowest BCUT2D eigenvalue weighted by atomic mass is 10.1. The van der Waals surface area contributed by atoms with Crippen molar-refractivity contribution < 1.29 is 9.59 Å². The first kappa shape index (κ1) is 18.7. The molecule has 0 aromatic heterocycles. The highest BCUT2D eigenvalue weighted by atomic mass is 16.2. The molecule has 0 unspecified atom stereocenters. The van der Waals surface area contributed by atoms with Crippen molar-refractivity contribution in [1.29, 1.82) is 0 Å². The van der Waals surface area contributed by atoms with Gasteiger partial charge in [-0.25, -0.2) is 0 Å². The fourth-order valence-electron chi connectivity index (χ4n) is 3.96. The zero-order valence-corrected chi connectivity index (χ0v) is 15.6. The third-order valence-electron chi connectivity index (χ3n) is 5.41. The van der Waals surface area contributed by atoms with Gasteiger partial charge in [-0.2, -0.15) is 0 Å². The molecule has 0 spiro atoms. The van der Waals surface area contributed by atoms with Crippen molar-refractivity contribution in [2.24, 2.45) is 0 Å². The van der Waals surface area contributed by atoms with E-state index in [1.165, 1.54) is 50.6 Å². The van der Waals surface area contributed by atoms with Gasteiger partial charge in [-0.05, 0) is 56.4 Å². The number of rotatable bonds is 5. The molecule has 2 aliphatic rings. The van der Waals surface area contributed by atoms with Gasteiger partial charge in [-0.3, -0.25) is 9.59 Å². The van der Waals surface area contributed by atoms with Gasteiger partial charge in [0.2, 0.25) is 11.8 Å². The van der Waals surface area contributed by atoms with Crippen molar-refractivity contribution in [2.75, 3.05) is 23.3 Å². The molecule has 0 atom stereocenters. The number of hydrogen-bond donors (Lipinski definition) is 2. The van der Waals surface area contributed by atoms with Gasteiger partial charge in [0.25, 0.3) is 0 Å². The average Bonchev–Trinajstić information content (AvgIpc) is 2.91. The van der Waals surface area contributed by atoms with Crippen LogP contribution in [0.3, 0.4) is 0 Å². The Balaban J connectivity index is 1.44. The first-order valence-corrected chi connectivity index (χ1v) is 10.1. The third-order valence-corrected chi connectivity index (χ3v) is 5.41. The molecule has 3 rings (SSSR count). The summed E-state index contributed by atoms with van der Waals surface area (Å²) >= 11 is 0. The molecule has 1 aliphatic heterocycles. The molecule has 1 heterocycles. The fraction of sp³-hybridized carbons (Fsp3) is 0.619. The summed E-state index contributed by atoms with van der Waals surface area (Å²) in [5.41, 5.74) is 1.95. The normalized spacial score (nSPS) is 18.8. The van der Waals surface area contributed by atoms with Gasteiger partial charge in [0.1, 0.15) is 6.42 Å². The van der Waals surface area contributed by atoms with E-state index in [4.69, 9.17) is 0 Å². The zero-order chi connectivity index (χ0) is 18.2. The number of nitrogens with one attached hydrogen (secondary N) is 2. The van der Waals surface area contributed by atoms with Crippen molar-refractivity contribution in [3.63, 3.8) is 0 Å². The van der Waals surface area contributed by atoms with Gasteiger partial charge < -0.3 is 15.5 Å². The van der Waals surface area contributed by atoms with Crippen LogP contribution in [0.5, 0.6) is 0 Å². The summed E-state index contributed by atoms with van der Waals surface area (Å²) in [7, 11) is 0. The van der Waals surface area contributed by atoms with Crippen LogP contribution in [-0.4, -0.2) is 30.9 Å². The summed E-state index contributed by atoms with van der Waals surface area (Å²) in [4.78, 5) is 26.6. The second-order valence-electron chi connectivity index (χ2n) is 7.58. The van der Waals surface area contributed by atoms with Crippen LogP contribution < -0.4 is 15.5 Å². The van der Waals surface area contributed by atoms with E-state index < -0.39 is 0 Å². The van der Waals surface area contributed by atoms with Crippen LogP contribution in [0, 0.1) is 0 Å². The molecule has 1 aliphatic carbocycles. The minimum Gasteiger partial charge on any atom is -0.372 e. The van der Waals surface area contributed by atoms with Crippen molar-refractivity contribution in [3.8, 4) is 0 Å². The second kappa shape index (κ2) is 9.60. The maximum atomic E-state index is 12.1. The largest absolute Gasteiger partial charge is 0.372 e. The maximum Gasteiger partial charge on any atom is 0.233 e. The summed E-state index contributed by atoms with van der Waals surface area (Å²) in [5, 5.41) is 5.86. The monoisotopic (exact) mass is 357 g/mol. The molecule has 1 aromatic carbocycles. The van der Waals surface area contributed by atoms with Gasteiger partial charge >= 0.3 is 0 Å². The molecule has 0 radical (unpaired) electrons. The van der Waals surface area contributed by atoms with E-state index in [-0.39, 0.29) is 24.3 Å². The van der Waals surface area contributed by atoms with E-state index >= 15 is 0 Å². The summed E-state index contributed by atoms with van der Waals surface area (Å²) in [6.07, 6.45) is 10.6. The first-order chi connectivity index (χ1) is 12.7. The molecular formula is C21H31N3O2. The van der Waals surface area contributed by atoms with Crippen LogP contribution in [-0.2, 0) is 9.59 Å². The van der Waals surface area contributed by atoms with Gasteiger partial charge in [0.05, 0.1) is 0 Å². The standard InChI is InChI=1S/C21H31N3O2/c25-20(22-17-8-4-1-2-5-9-17)16-21(26)23-18-10-12-19(13-11-18)24-14-6-3-7-15-24/h10-13,17H,1-9,14-16H2,(H,22,25)(H,23,26). The van der Waals surface area contributed by atoms with Gasteiger partial charge in [0.15, 0.2) is 0 Å². The summed E-state index contributed by atoms with van der Waals surface area (Å²) in [6.45, 7) is 2.21. The molecule has 0 bridgehead atoms. The number of carbonyl (C=O) groups excluding carboxylic acids is 2. The lowest BCUT2D eigenvalue weighted by Crippen LogP contribution is -2.36. The first-order valence-electron chi connectivity index (χ1n) is 10.1. The molecule has 142 valence electrons. The molecule has 2 N–H and O–H groups in total. The smallest absolute Gasteiger partial charge is 0.233 e. The topological polar surface area (TPSA) is 61.4 Å². The summed E-state index contributed by atoms with van der Waals surface area (Å²) in [6, 6.07) is 8.18. The molecule has 2 amide bonds. The van der Waals surface area contributed by atoms with Crippen LogP contribution in [0.25, 0.3) is 0 Å².